The summed E-state index contributed by atoms with van der Waals surface area (Å²) >= 11 is 0. The average molecular weight is 264 g/mol. The second kappa shape index (κ2) is 5.09. The van der Waals surface area contributed by atoms with Gasteiger partial charge < -0.3 is 4.74 Å². The summed E-state index contributed by atoms with van der Waals surface area (Å²) in [5.74, 6) is 1.05. The summed E-state index contributed by atoms with van der Waals surface area (Å²) in [6.07, 6.45) is 3.30. The molecule has 3 aromatic rings. The number of benzene rings is 1. The normalized spacial score (nSPS) is 10.4. The van der Waals surface area contributed by atoms with Gasteiger partial charge in [0, 0.05) is 29.4 Å². The van der Waals surface area contributed by atoms with Gasteiger partial charge in [-0.3, -0.25) is 9.78 Å². The highest BCUT2D eigenvalue weighted by molar-refractivity contribution is 5.94. The van der Waals surface area contributed by atoms with Crippen LogP contribution >= 0.6 is 0 Å². The first-order valence-corrected chi connectivity index (χ1v) is 6.22. The molecule has 2 aromatic heterocycles. The number of nitrogens with zero attached hydrogens (tertiary/aromatic N) is 2. The largest absolute Gasteiger partial charge is 0.438 e. The molecule has 20 heavy (non-hydrogen) atoms. The van der Waals surface area contributed by atoms with Crippen molar-refractivity contribution in [2.75, 3.05) is 0 Å². The topological polar surface area (TPSA) is 52.1 Å². The molecule has 98 valence electrons. The van der Waals surface area contributed by atoms with Gasteiger partial charge in [0.25, 0.3) is 0 Å². The highest BCUT2D eigenvalue weighted by Crippen LogP contribution is 2.28. The number of Topliss-reactive ketones (excluding diaryl/α,β-unsaturated/α-hetero) is 1. The van der Waals surface area contributed by atoms with Crippen molar-refractivity contribution < 1.29 is 9.53 Å². The van der Waals surface area contributed by atoms with Crippen LogP contribution in [0, 0.1) is 0 Å². The quantitative estimate of drug-likeness (QED) is 0.678. The van der Waals surface area contributed by atoms with E-state index in [9.17, 15) is 4.79 Å². The number of aromatic nitrogens is 2. The van der Waals surface area contributed by atoms with E-state index in [1.54, 1.807) is 24.5 Å². The second-order valence-electron chi connectivity index (χ2n) is 4.37. The van der Waals surface area contributed by atoms with Crippen LogP contribution in [-0.2, 0) is 0 Å². The van der Waals surface area contributed by atoms with Gasteiger partial charge in [-0.1, -0.05) is 6.07 Å². The maximum Gasteiger partial charge on any atom is 0.219 e. The van der Waals surface area contributed by atoms with Gasteiger partial charge in [-0.05, 0) is 37.3 Å². The number of carbonyl (C=O) groups is 1. The Bertz CT molecular complexity index is 779. The fourth-order valence-electron chi connectivity index (χ4n) is 1.96. The first-order valence-electron chi connectivity index (χ1n) is 6.22. The number of ketones is 1. The molecule has 0 saturated heterocycles. The smallest absolute Gasteiger partial charge is 0.219 e. The predicted molar refractivity (Wildman–Crippen MR) is 76.1 cm³/mol. The molecule has 0 fully saturated rings. The van der Waals surface area contributed by atoms with Crippen LogP contribution in [0.3, 0.4) is 0 Å². The summed E-state index contributed by atoms with van der Waals surface area (Å²) in [6.45, 7) is 1.51. The molecule has 0 radical (unpaired) electrons. The van der Waals surface area contributed by atoms with Crippen molar-refractivity contribution in [3.05, 3.63) is 60.4 Å². The van der Waals surface area contributed by atoms with E-state index in [4.69, 9.17) is 4.74 Å². The lowest BCUT2D eigenvalue weighted by atomic mass is 10.2. The fourth-order valence-corrected chi connectivity index (χ4v) is 1.96. The van der Waals surface area contributed by atoms with E-state index >= 15 is 0 Å². The monoisotopic (exact) mass is 264 g/mol. The number of fused-ring (bicyclic) bond motifs is 1. The Kier molecular flexibility index (Phi) is 3.13. The minimum absolute atomic E-state index is 0.0168. The van der Waals surface area contributed by atoms with Crippen molar-refractivity contribution in [1.29, 1.82) is 0 Å². The molecule has 0 aliphatic heterocycles. The zero-order chi connectivity index (χ0) is 13.9. The van der Waals surface area contributed by atoms with Crippen molar-refractivity contribution in [2.24, 2.45) is 0 Å². The Morgan fingerprint density at radius 2 is 1.95 bits per heavy atom. The maximum absolute atomic E-state index is 11.4. The molecule has 0 spiro atoms. The van der Waals surface area contributed by atoms with Gasteiger partial charge in [-0.2, -0.15) is 0 Å². The third-order valence-corrected chi connectivity index (χ3v) is 2.96. The lowest BCUT2D eigenvalue weighted by Crippen LogP contribution is -1.95. The van der Waals surface area contributed by atoms with Crippen LogP contribution < -0.4 is 4.74 Å². The SMILES string of the molecule is CC(=O)c1ccnc(Oc2cccc3ncccc23)c1. The molecule has 0 N–H and O–H groups in total. The Hall–Kier alpha value is -2.75. The molecule has 0 saturated carbocycles. The lowest BCUT2D eigenvalue weighted by Gasteiger charge is -2.08. The van der Waals surface area contributed by atoms with Gasteiger partial charge in [-0.25, -0.2) is 4.98 Å². The van der Waals surface area contributed by atoms with Crippen LogP contribution in [0.25, 0.3) is 10.9 Å². The van der Waals surface area contributed by atoms with Gasteiger partial charge in [0.2, 0.25) is 5.88 Å². The van der Waals surface area contributed by atoms with E-state index in [2.05, 4.69) is 9.97 Å². The first-order chi connectivity index (χ1) is 9.74. The molecule has 4 nitrogen and oxygen atoms in total. The summed E-state index contributed by atoms with van der Waals surface area (Å²) in [6, 6.07) is 12.7. The lowest BCUT2D eigenvalue weighted by molar-refractivity contribution is 0.101. The molecule has 0 bridgehead atoms. The zero-order valence-corrected chi connectivity index (χ0v) is 10.9. The molecular weight excluding hydrogens is 252 g/mol. The number of ether oxygens (including phenoxy) is 1. The van der Waals surface area contributed by atoms with Crippen molar-refractivity contribution in [3.8, 4) is 11.6 Å². The molecule has 0 unspecified atom stereocenters. The van der Waals surface area contributed by atoms with Gasteiger partial charge >= 0.3 is 0 Å². The summed E-state index contributed by atoms with van der Waals surface area (Å²) in [5.41, 5.74) is 1.43. The minimum atomic E-state index is -0.0168. The Morgan fingerprint density at radius 3 is 2.80 bits per heavy atom. The molecule has 0 atom stereocenters. The molecule has 4 heteroatoms. The average Bonchev–Trinajstić information content (AvgIpc) is 2.48. The van der Waals surface area contributed by atoms with E-state index in [0.717, 1.165) is 10.9 Å². The van der Waals surface area contributed by atoms with Crippen molar-refractivity contribution >= 4 is 16.7 Å². The fraction of sp³-hybridized carbons (Fsp3) is 0.0625. The number of hydrogen-bond acceptors (Lipinski definition) is 4. The minimum Gasteiger partial charge on any atom is -0.438 e. The van der Waals surface area contributed by atoms with Crippen LogP contribution in [0.5, 0.6) is 11.6 Å². The van der Waals surface area contributed by atoms with E-state index in [1.807, 2.05) is 30.3 Å². The van der Waals surface area contributed by atoms with Gasteiger partial charge in [-0.15, -0.1) is 0 Å². The molecule has 0 aliphatic rings. The van der Waals surface area contributed by atoms with Gasteiger partial charge in [0.1, 0.15) is 5.75 Å². The number of rotatable bonds is 3. The van der Waals surface area contributed by atoms with Crippen molar-refractivity contribution in [2.45, 2.75) is 6.92 Å². The van der Waals surface area contributed by atoms with E-state index in [0.29, 0.717) is 17.2 Å². The third kappa shape index (κ3) is 2.36. The molecule has 0 amide bonds. The maximum atomic E-state index is 11.4. The van der Waals surface area contributed by atoms with E-state index in [1.165, 1.54) is 6.92 Å². The van der Waals surface area contributed by atoms with Gasteiger partial charge in [0.15, 0.2) is 5.78 Å². The van der Waals surface area contributed by atoms with Crippen LogP contribution in [-0.4, -0.2) is 15.8 Å². The Labute approximate surface area is 116 Å². The molecule has 3 rings (SSSR count). The van der Waals surface area contributed by atoms with Crippen LogP contribution in [0.2, 0.25) is 0 Å². The van der Waals surface area contributed by atoms with E-state index < -0.39 is 0 Å². The zero-order valence-electron chi connectivity index (χ0n) is 10.9. The summed E-state index contributed by atoms with van der Waals surface area (Å²) in [5, 5.41) is 0.907. The number of carbonyl (C=O) groups excluding carboxylic acids is 1. The van der Waals surface area contributed by atoms with Crippen molar-refractivity contribution in [1.82, 2.24) is 9.97 Å². The van der Waals surface area contributed by atoms with Crippen LogP contribution in [0.4, 0.5) is 0 Å². The predicted octanol–water partition coefficient (Wildman–Crippen LogP) is 3.62. The molecular formula is C16H12N2O2. The van der Waals surface area contributed by atoms with Gasteiger partial charge in [0.05, 0.1) is 5.52 Å². The standard InChI is InChI=1S/C16H12N2O2/c1-11(19)12-7-9-18-16(10-12)20-15-6-2-5-14-13(15)4-3-8-17-14/h2-10H,1H3. The molecule has 1 aromatic carbocycles. The number of hydrogen-bond donors (Lipinski definition) is 0. The van der Waals surface area contributed by atoms with Crippen LogP contribution in [0.1, 0.15) is 17.3 Å². The Morgan fingerprint density at radius 1 is 1.05 bits per heavy atom. The van der Waals surface area contributed by atoms with Crippen molar-refractivity contribution in [3.63, 3.8) is 0 Å². The summed E-state index contributed by atoms with van der Waals surface area (Å²) < 4.78 is 5.78. The van der Waals surface area contributed by atoms with Crippen LogP contribution in [0.15, 0.2) is 54.9 Å². The highest BCUT2D eigenvalue weighted by Gasteiger charge is 2.06. The second-order valence-corrected chi connectivity index (χ2v) is 4.37. The molecule has 2 heterocycles. The Balaban J connectivity index is 2.01. The van der Waals surface area contributed by atoms with E-state index in [-0.39, 0.29) is 5.78 Å². The third-order valence-electron chi connectivity index (χ3n) is 2.96. The number of pyridine rings is 2. The first kappa shape index (κ1) is 12.3. The summed E-state index contributed by atoms with van der Waals surface area (Å²) in [4.78, 5) is 19.8. The summed E-state index contributed by atoms with van der Waals surface area (Å²) in [7, 11) is 0. The molecule has 0 aliphatic carbocycles. The highest BCUT2D eigenvalue weighted by atomic mass is 16.5.